The summed E-state index contributed by atoms with van der Waals surface area (Å²) in [5, 5.41) is 3.00. The maximum absolute atomic E-state index is 12.1. The summed E-state index contributed by atoms with van der Waals surface area (Å²) in [4.78, 5) is 16.0. The zero-order valence-corrected chi connectivity index (χ0v) is 12.0. The molecule has 20 heavy (non-hydrogen) atoms. The van der Waals surface area contributed by atoms with Gasteiger partial charge in [-0.1, -0.05) is 37.6 Å². The second-order valence-electron chi connectivity index (χ2n) is 4.92. The van der Waals surface area contributed by atoms with E-state index in [4.69, 9.17) is 0 Å². The SMILES string of the molecule is CCCc1ccc([C@H](C)NC(=O)c2ccncc2)cc1. The lowest BCUT2D eigenvalue weighted by Gasteiger charge is -2.15. The van der Waals surface area contributed by atoms with E-state index in [1.54, 1.807) is 24.5 Å². The normalized spacial score (nSPS) is 11.9. The Bertz CT molecular complexity index is 549. The van der Waals surface area contributed by atoms with E-state index in [1.165, 1.54) is 5.56 Å². The lowest BCUT2D eigenvalue weighted by Crippen LogP contribution is -2.26. The van der Waals surface area contributed by atoms with E-state index in [1.807, 2.05) is 6.92 Å². The van der Waals surface area contributed by atoms with Gasteiger partial charge >= 0.3 is 0 Å². The second kappa shape index (κ2) is 6.85. The highest BCUT2D eigenvalue weighted by Crippen LogP contribution is 2.15. The molecule has 0 spiro atoms. The van der Waals surface area contributed by atoms with Crippen LogP contribution in [0.25, 0.3) is 0 Å². The first kappa shape index (κ1) is 14.3. The van der Waals surface area contributed by atoms with Gasteiger partial charge in [-0.2, -0.15) is 0 Å². The Morgan fingerprint density at radius 2 is 1.80 bits per heavy atom. The van der Waals surface area contributed by atoms with E-state index in [0.717, 1.165) is 18.4 Å². The number of nitrogens with one attached hydrogen (secondary N) is 1. The van der Waals surface area contributed by atoms with Crippen LogP contribution in [-0.4, -0.2) is 10.9 Å². The number of hydrogen-bond donors (Lipinski definition) is 1. The minimum absolute atomic E-state index is 0.00802. The number of carbonyl (C=O) groups excluding carboxylic acids is 1. The van der Waals surface area contributed by atoms with Crippen LogP contribution in [0.4, 0.5) is 0 Å². The van der Waals surface area contributed by atoms with Crippen molar-refractivity contribution >= 4 is 5.91 Å². The predicted octanol–water partition coefficient (Wildman–Crippen LogP) is 3.53. The van der Waals surface area contributed by atoms with Crippen LogP contribution in [0.1, 0.15) is 47.8 Å². The Morgan fingerprint density at radius 3 is 2.40 bits per heavy atom. The van der Waals surface area contributed by atoms with Crippen LogP contribution in [-0.2, 0) is 6.42 Å². The summed E-state index contributed by atoms with van der Waals surface area (Å²) in [7, 11) is 0. The first-order valence-corrected chi connectivity index (χ1v) is 7.00. The van der Waals surface area contributed by atoms with Gasteiger partial charge < -0.3 is 5.32 Å². The standard InChI is InChI=1S/C17H20N2O/c1-3-4-14-5-7-15(8-6-14)13(2)19-17(20)16-9-11-18-12-10-16/h5-13H,3-4H2,1-2H3,(H,19,20)/t13-/m0/s1. The lowest BCUT2D eigenvalue weighted by atomic mass is 10.0. The summed E-state index contributed by atoms with van der Waals surface area (Å²) in [5.74, 6) is -0.0717. The molecule has 1 amide bonds. The molecule has 0 saturated heterocycles. The van der Waals surface area contributed by atoms with Crippen LogP contribution in [0.15, 0.2) is 48.8 Å². The van der Waals surface area contributed by atoms with Gasteiger partial charge in [0.25, 0.3) is 5.91 Å². The molecule has 1 aromatic carbocycles. The van der Waals surface area contributed by atoms with E-state index >= 15 is 0 Å². The Balaban J connectivity index is 2.01. The number of rotatable bonds is 5. The Morgan fingerprint density at radius 1 is 1.15 bits per heavy atom. The average molecular weight is 268 g/mol. The van der Waals surface area contributed by atoms with Gasteiger partial charge in [0, 0.05) is 18.0 Å². The number of hydrogen-bond acceptors (Lipinski definition) is 2. The highest BCUT2D eigenvalue weighted by Gasteiger charge is 2.10. The predicted molar refractivity (Wildman–Crippen MR) is 80.6 cm³/mol. The van der Waals surface area contributed by atoms with E-state index in [9.17, 15) is 4.79 Å². The van der Waals surface area contributed by atoms with Crippen molar-refractivity contribution in [2.24, 2.45) is 0 Å². The molecule has 0 aliphatic rings. The lowest BCUT2D eigenvalue weighted by molar-refractivity contribution is 0.0940. The van der Waals surface area contributed by atoms with Gasteiger partial charge in [0.15, 0.2) is 0 Å². The number of benzene rings is 1. The fourth-order valence-electron chi connectivity index (χ4n) is 2.13. The monoisotopic (exact) mass is 268 g/mol. The van der Waals surface area contributed by atoms with Crippen molar-refractivity contribution in [3.05, 3.63) is 65.5 Å². The van der Waals surface area contributed by atoms with Crippen LogP contribution < -0.4 is 5.32 Å². The Labute approximate surface area is 120 Å². The summed E-state index contributed by atoms with van der Waals surface area (Å²) < 4.78 is 0. The molecule has 0 aliphatic carbocycles. The van der Waals surface area contributed by atoms with Gasteiger partial charge in [-0.15, -0.1) is 0 Å². The van der Waals surface area contributed by atoms with Crippen LogP contribution >= 0.6 is 0 Å². The number of aromatic nitrogens is 1. The molecular weight excluding hydrogens is 248 g/mol. The number of nitrogens with zero attached hydrogens (tertiary/aromatic N) is 1. The van der Waals surface area contributed by atoms with Gasteiger partial charge in [-0.05, 0) is 36.6 Å². The van der Waals surface area contributed by atoms with Gasteiger partial charge in [-0.25, -0.2) is 0 Å². The maximum atomic E-state index is 12.1. The third-order valence-corrected chi connectivity index (χ3v) is 3.31. The quantitative estimate of drug-likeness (QED) is 0.901. The highest BCUT2D eigenvalue weighted by atomic mass is 16.1. The van der Waals surface area contributed by atoms with E-state index in [2.05, 4.69) is 41.5 Å². The molecule has 0 bridgehead atoms. The van der Waals surface area contributed by atoms with Crippen molar-refractivity contribution in [2.45, 2.75) is 32.7 Å². The summed E-state index contributed by atoms with van der Waals surface area (Å²) in [5.41, 5.74) is 3.09. The van der Waals surface area contributed by atoms with Crippen molar-refractivity contribution < 1.29 is 4.79 Å². The molecule has 1 heterocycles. The third kappa shape index (κ3) is 3.67. The molecule has 0 unspecified atom stereocenters. The van der Waals surface area contributed by atoms with Crippen molar-refractivity contribution in [1.82, 2.24) is 10.3 Å². The number of pyridine rings is 1. The van der Waals surface area contributed by atoms with Crippen LogP contribution in [0.2, 0.25) is 0 Å². The summed E-state index contributed by atoms with van der Waals surface area (Å²) in [6.07, 6.45) is 5.49. The van der Waals surface area contributed by atoms with Gasteiger partial charge in [0.1, 0.15) is 0 Å². The molecule has 1 aromatic heterocycles. The Hall–Kier alpha value is -2.16. The van der Waals surface area contributed by atoms with Crippen LogP contribution in [0, 0.1) is 0 Å². The maximum Gasteiger partial charge on any atom is 0.251 e. The van der Waals surface area contributed by atoms with Crippen molar-refractivity contribution in [1.29, 1.82) is 0 Å². The number of carbonyl (C=O) groups is 1. The first-order valence-electron chi connectivity index (χ1n) is 7.00. The average Bonchev–Trinajstić information content (AvgIpc) is 2.49. The smallest absolute Gasteiger partial charge is 0.251 e. The molecule has 3 nitrogen and oxygen atoms in total. The molecule has 0 fully saturated rings. The molecule has 0 radical (unpaired) electrons. The van der Waals surface area contributed by atoms with E-state index in [0.29, 0.717) is 5.56 Å². The topological polar surface area (TPSA) is 42.0 Å². The summed E-state index contributed by atoms with van der Waals surface area (Å²) in [6, 6.07) is 11.9. The molecule has 1 atom stereocenters. The fourth-order valence-corrected chi connectivity index (χ4v) is 2.13. The van der Waals surface area contributed by atoms with Crippen molar-refractivity contribution in [3.8, 4) is 0 Å². The van der Waals surface area contributed by atoms with E-state index < -0.39 is 0 Å². The largest absolute Gasteiger partial charge is 0.346 e. The summed E-state index contributed by atoms with van der Waals surface area (Å²) >= 11 is 0. The zero-order valence-electron chi connectivity index (χ0n) is 12.0. The molecule has 2 aromatic rings. The van der Waals surface area contributed by atoms with Gasteiger partial charge in [-0.3, -0.25) is 9.78 Å². The number of amides is 1. The first-order chi connectivity index (χ1) is 9.70. The third-order valence-electron chi connectivity index (χ3n) is 3.31. The molecule has 104 valence electrons. The van der Waals surface area contributed by atoms with Crippen LogP contribution in [0.3, 0.4) is 0 Å². The van der Waals surface area contributed by atoms with Crippen molar-refractivity contribution in [2.75, 3.05) is 0 Å². The molecule has 3 heteroatoms. The fraction of sp³-hybridized carbons (Fsp3) is 0.294. The molecule has 2 rings (SSSR count). The second-order valence-corrected chi connectivity index (χ2v) is 4.92. The molecule has 1 N–H and O–H groups in total. The van der Waals surface area contributed by atoms with Gasteiger partial charge in [0.2, 0.25) is 0 Å². The highest BCUT2D eigenvalue weighted by molar-refractivity contribution is 5.94. The molecular formula is C17H20N2O. The molecule has 0 aliphatic heterocycles. The van der Waals surface area contributed by atoms with Gasteiger partial charge in [0.05, 0.1) is 6.04 Å². The minimum atomic E-state index is -0.0717. The summed E-state index contributed by atoms with van der Waals surface area (Å²) in [6.45, 7) is 4.17. The van der Waals surface area contributed by atoms with Crippen LogP contribution in [0.5, 0.6) is 0 Å². The Kier molecular flexibility index (Phi) is 4.88. The van der Waals surface area contributed by atoms with Crippen molar-refractivity contribution in [3.63, 3.8) is 0 Å². The minimum Gasteiger partial charge on any atom is -0.346 e. The number of aryl methyl sites for hydroxylation is 1. The van der Waals surface area contributed by atoms with E-state index in [-0.39, 0.29) is 11.9 Å². The zero-order chi connectivity index (χ0) is 14.4. The molecule has 0 saturated carbocycles.